The van der Waals surface area contributed by atoms with Gasteiger partial charge in [0, 0.05) is 19.1 Å². The Morgan fingerprint density at radius 2 is 1.76 bits per heavy atom. The van der Waals surface area contributed by atoms with E-state index in [1.54, 1.807) is 0 Å². The molecule has 1 atom stereocenters. The minimum Gasteiger partial charge on any atom is -0.357 e. The molecule has 1 aliphatic heterocycles. The maximum absolute atomic E-state index is 4.80. The highest BCUT2D eigenvalue weighted by atomic mass is 15.2. The molecule has 1 heterocycles. The van der Waals surface area contributed by atoms with Gasteiger partial charge in [-0.3, -0.25) is 4.99 Å². The van der Waals surface area contributed by atoms with Crippen molar-refractivity contribution in [1.82, 2.24) is 20.4 Å². The van der Waals surface area contributed by atoms with Gasteiger partial charge < -0.3 is 20.4 Å². The van der Waals surface area contributed by atoms with Crippen molar-refractivity contribution in [2.45, 2.75) is 72.3 Å². The summed E-state index contributed by atoms with van der Waals surface area (Å²) < 4.78 is 0. The van der Waals surface area contributed by atoms with E-state index in [-0.39, 0.29) is 0 Å². The molecule has 1 unspecified atom stereocenters. The average molecular weight is 354 g/mol. The Kier molecular flexibility index (Phi) is 12.8. The van der Waals surface area contributed by atoms with Crippen LogP contribution in [-0.4, -0.2) is 74.2 Å². The van der Waals surface area contributed by atoms with Crippen LogP contribution in [0.3, 0.4) is 0 Å². The van der Waals surface area contributed by atoms with Gasteiger partial charge in [0.2, 0.25) is 0 Å². The summed E-state index contributed by atoms with van der Waals surface area (Å²) in [5.74, 6) is 0.979. The van der Waals surface area contributed by atoms with E-state index in [9.17, 15) is 0 Å². The molecule has 1 saturated heterocycles. The molecular weight excluding hydrogens is 310 g/mol. The van der Waals surface area contributed by atoms with Crippen molar-refractivity contribution in [3.8, 4) is 0 Å². The van der Waals surface area contributed by atoms with Crippen LogP contribution in [0.15, 0.2) is 4.99 Å². The molecule has 0 aromatic rings. The molecule has 25 heavy (non-hydrogen) atoms. The third kappa shape index (κ3) is 10.7. The smallest absolute Gasteiger partial charge is 0.191 e. The monoisotopic (exact) mass is 353 g/mol. The van der Waals surface area contributed by atoms with Crippen LogP contribution in [-0.2, 0) is 0 Å². The molecule has 1 aliphatic rings. The summed E-state index contributed by atoms with van der Waals surface area (Å²) in [5, 5.41) is 6.97. The normalized spacial score (nSPS) is 18.2. The Bertz CT molecular complexity index is 333. The largest absolute Gasteiger partial charge is 0.357 e. The van der Waals surface area contributed by atoms with Crippen LogP contribution in [0.2, 0.25) is 0 Å². The molecule has 0 spiro atoms. The molecule has 5 heteroatoms. The number of aliphatic imine (C=N–C) groups is 1. The Labute approximate surface area is 156 Å². The first-order valence-electron chi connectivity index (χ1n) is 10.7. The minimum absolute atomic E-state index is 0.464. The molecule has 0 aromatic heterocycles. The zero-order chi connectivity index (χ0) is 18.3. The van der Waals surface area contributed by atoms with Crippen LogP contribution in [0.25, 0.3) is 0 Å². The average Bonchev–Trinajstić information content (AvgIpc) is 2.88. The van der Waals surface area contributed by atoms with E-state index in [2.05, 4.69) is 48.1 Å². The van der Waals surface area contributed by atoms with Crippen molar-refractivity contribution in [2.75, 3.05) is 52.4 Å². The standard InChI is InChI=1S/C20H43N5/c1-5-21-20(22-14-18-25-15-10-8-9-11-16-25)23-19(4)13-12-17-24(6-2)7-3/h19H,5-18H2,1-4H3,(H2,21,22,23). The first kappa shape index (κ1) is 22.2. The van der Waals surface area contributed by atoms with Crippen LogP contribution < -0.4 is 10.6 Å². The highest BCUT2D eigenvalue weighted by molar-refractivity contribution is 5.80. The molecule has 0 aliphatic carbocycles. The highest BCUT2D eigenvalue weighted by Gasteiger charge is 2.09. The SMILES string of the molecule is CCNC(=NCCN1CCCCCC1)NC(C)CCCN(CC)CC. The van der Waals surface area contributed by atoms with Crippen LogP contribution >= 0.6 is 0 Å². The fraction of sp³-hybridized carbons (Fsp3) is 0.950. The zero-order valence-corrected chi connectivity index (χ0v) is 17.3. The van der Waals surface area contributed by atoms with E-state index >= 15 is 0 Å². The van der Waals surface area contributed by atoms with Gasteiger partial charge in [0.05, 0.1) is 6.54 Å². The molecule has 148 valence electrons. The van der Waals surface area contributed by atoms with Crippen LogP contribution in [0, 0.1) is 0 Å². The van der Waals surface area contributed by atoms with E-state index in [1.807, 2.05) is 0 Å². The second-order valence-corrected chi connectivity index (χ2v) is 7.23. The predicted octanol–water partition coefficient (Wildman–Crippen LogP) is 2.93. The highest BCUT2D eigenvalue weighted by Crippen LogP contribution is 2.08. The van der Waals surface area contributed by atoms with Gasteiger partial charge in [-0.25, -0.2) is 0 Å². The summed E-state index contributed by atoms with van der Waals surface area (Å²) in [6, 6.07) is 0.464. The summed E-state index contributed by atoms with van der Waals surface area (Å²) in [6.07, 6.45) is 7.93. The van der Waals surface area contributed by atoms with Crippen molar-refractivity contribution in [3.63, 3.8) is 0 Å². The zero-order valence-electron chi connectivity index (χ0n) is 17.3. The molecule has 1 fully saturated rings. The number of nitrogens with one attached hydrogen (secondary N) is 2. The number of guanidine groups is 1. The molecule has 0 bridgehead atoms. The fourth-order valence-corrected chi connectivity index (χ4v) is 3.45. The van der Waals surface area contributed by atoms with Gasteiger partial charge in [0.25, 0.3) is 0 Å². The van der Waals surface area contributed by atoms with Crippen molar-refractivity contribution >= 4 is 5.96 Å². The molecule has 5 nitrogen and oxygen atoms in total. The summed E-state index contributed by atoms with van der Waals surface area (Å²) in [4.78, 5) is 9.87. The Morgan fingerprint density at radius 3 is 2.36 bits per heavy atom. The Hall–Kier alpha value is -0.810. The lowest BCUT2D eigenvalue weighted by Gasteiger charge is -2.22. The van der Waals surface area contributed by atoms with Crippen molar-refractivity contribution in [1.29, 1.82) is 0 Å². The van der Waals surface area contributed by atoms with Crippen molar-refractivity contribution < 1.29 is 0 Å². The van der Waals surface area contributed by atoms with Crippen LogP contribution in [0.5, 0.6) is 0 Å². The summed E-state index contributed by atoms with van der Waals surface area (Å²) in [5.41, 5.74) is 0. The second kappa shape index (κ2) is 14.4. The molecule has 0 radical (unpaired) electrons. The summed E-state index contributed by atoms with van der Waals surface area (Å²) in [6.45, 7) is 17.8. The van der Waals surface area contributed by atoms with Gasteiger partial charge in [0.1, 0.15) is 0 Å². The van der Waals surface area contributed by atoms with E-state index in [0.717, 1.165) is 38.7 Å². The quantitative estimate of drug-likeness (QED) is 0.443. The number of nitrogens with zero attached hydrogens (tertiary/aromatic N) is 3. The first-order valence-corrected chi connectivity index (χ1v) is 10.7. The topological polar surface area (TPSA) is 42.9 Å². The molecular formula is C20H43N5. The van der Waals surface area contributed by atoms with Gasteiger partial charge >= 0.3 is 0 Å². The molecule has 2 N–H and O–H groups in total. The number of rotatable bonds is 11. The fourth-order valence-electron chi connectivity index (χ4n) is 3.45. The number of hydrogen-bond acceptors (Lipinski definition) is 3. The maximum Gasteiger partial charge on any atom is 0.191 e. The van der Waals surface area contributed by atoms with E-state index in [0.29, 0.717) is 6.04 Å². The predicted molar refractivity (Wildman–Crippen MR) is 111 cm³/mol. The second-order valence-electron chi connectivity index (χ2n) is 7.23. The van der Waals surface area contributed by atoms with Gasteiger partial charge in [-0.1, -0.05) is 26.7 Å². The molecule has 0 aromatic carbocycles. The van der Waals surface area contributed by atoms with Gasteiger partial charge in [-0.05, 0) is 72.3 Å². The molecule has 0 saturated carbocycles. The lowest BCUT2D eigenvalue weighted by Crippen LogP contribution is -2.43. The van der Waals surface area contributed by atoms with Crippen LogP contribution in [0.1, 0.15) is 66.2 Å². The van der Waals surface area contributed by atoms with Gasteiger partial charge in [-0.2, -0.15) is 0 Å². The Balaban J connectivity index is 2.30. The third-order valence-electron chi connectivity index (χ3n) is 5.12. The number of likely N-dealkylation sites (tertiary alicyclic amines) is 1. The van der Waals surface area contributed by atoms with Crippen molar-refractivity contribution in [3.05, 3.63) is 0 Å². The van der Waals surface area contributed by atoms with E-state index in [1.165, 1.54) is 58.2 Å². The summed E-state index contributed by atoms with van der Waals surface area (Å²) >= 11 is 0. The van der Waals surface area contributed by atoms with Gasteiger partial charge in [0.15, 0.2) is 5.96 Å². The van der Waals surface area contributed by atoms with Crippen LogP contribution in [0.4, 0.5) is 0 Å². The lowest BCUT2D eigenvalue weighted by atomic mass is 10.2. The molecule has 1 rings (SSSR count). The van der Waals surface area contributed by atoms with E-state index in [4.69, 9.17) is 4.99 Å². The van der Waals surface area contributed by atoms with E-state index < -0.39 is 0 Å². The first-order chi connectivity index (χ1) is 12.2. The third-order valence-corrected chi connectivity index (χ3v) is 5.12. The number of hydrogen-bond donors (Lipinski definition) is 2. The summed E-state index contributed by atoms with van der Waals surface area (Å²) in [7, 11) is 0. The lowest BCUT2D eigenvalue weighted by molar-refractivity contribution is 0.291. The van der Waals surface area contributed by atoms with Gasteiger partial charge in [-0.15, -0.1) is 0 Å². The maximum atomic E-state index is 4.80. The van der Waals surface area contributed by atoms with Crippen molar-refractivity contribution in [2.24, 2.45) is 4.99 Å². The molecule has 0 amide bonds. The minimum atomic E-state index is 0.464. The Morgan fingerprint density at radius 1 is 1.08 bits per heavy atom.